The molecule has 302 valence electrons. The zero-order valence-corrected chi connectivity index (χ0v) is 36.8. The monoisotopic (exact) mass is 971 g/mol. The Balaban J connectivity index is 0.00000445. The molecule has 11 rings (SSSR count). The van der Waals surface area contributed by atoms with Crippen LogP contribution in [0.3, 0.4) is 0 Å². The molecule has 0 aliphatic carbocycles. The first kappa shape index (κ1) is 38.6. The van der Waals surface area contributed by atoms with Gasteiger partial charge in [-0.05, 0) is 78.4 Å². The van der Waals surface area contributed by atoms with Gasteiger partial charge >= 0.3 is 0 Å². The van der Waals surface area contributed by atoms with E-state index in [4.69, 9.17) is 9.72 Å². The second kappa shape index (κ2) is 14.8. The molecule has 6 nitrogen and oxygen atoms in total. The van der Waals surface area contributed by atoms with Crippen LogP contribution < -0.4 is 14.5 Å². The van der Waals surface area contributed by atoms with Gasteiger partial charge in [-0.3, -0.25) is 0 Å². The van der Waals surface area contributed by atoms with E-state index in [9.17, 15) is 0 Å². The Labute approximate surface area is 370 Å². The van der Waals surface area contributed by atoms with E-state index in [1.807, 2.05) is 12.3 Å². The van der Waals surface area contributed by atoms with Crippen LogP contribution in [0, 0.1) is 25.7 Å². The zero-order chi connectivity index (χ0) is 40.7. The zero-order valence-electron chi connectivity index (χ0n) is 34.5. The summed E-state index contributed by atoms with van der Waals surface area (Å²) >= 11 is 0. The number of para-hydroxylation sites is 2. The van der Waals surface area contributed by atoms with Gasteiger partial charge in [0.25, 0.3) is 0 Å². The second-order valence-corrected chi connectivity index (χ2v) is 16.8. The molecule has 10 aromatic rings. The van der Waals surface area contributed by atoms with Crippen molar-refractivity contribution in [2.24, 2.45) is 0 Å². The molecule has 0 fully saturated rings. The summed E-state index contributed by atoms with van der Waals surface area (Å²) in [7, 11) is 2.09. The first-order valence-corrected chi connectivity index (χ1v) is 20.4. The fourth-order valence-electron chi connectivity index (χ4n) is 8.75. The van der Waals surface area contributed by atoms with Gasteiger partial charge in [0.1, 0.15) is 5.82 Å². The van der Waals surface area contributed by atoms with Crippen LogP contribution in [0.2, 0.25) is 0 Å². The van der Waals surface area contributed by atoms with Gasteiger partial charge < -0.3 is 23.7 Å². The predicted molar refractivity (Wildman–Crippen MR) is 247 cm³/mol. The summed E-state index contributed by atoms with van der Waals surface area (Å²) in [5, 5.41) is 4.50. The minimum atomic E-state index is -0.145. The number of hydrogen-bond donors (Lipinski definition) is 0. The van der Waals surface area contributed by atoms with E-state index in [2.05, 4.69) is 218 Å². The molecule has 3 aromatic heterocycles. The van der Waals surface area contributed by atoms with Crippen LogP contribution in [0.15, 0.2) is 158 Å². The normalized spacial score (nSPS) is 12.7. The van der Waals surface area contributed by atoms with Crippen LogP contribution in [0.4, 0.5) is 17.1 Å². The van der Waals surface area contributed by atoms with Crippen LogP contribution >= 0.6 is 0 Å². The largest absolute Gasteiger partial charge is 0.509 e. The molecule has 1 aliphatic rings. The van der Waals surface area contributed by atoms with Crippen molar-refractivity contribution >= 4 is 60.7 Å². The van der Waals surface area contributed by atoms with Gasteiger partial charge in [-0.2, -0.15) is 12.7 Å². The number of hydrogen-bond acceptors (Lipinski definition) is 4. The van der Waals surface area contributed by atoms with Gasteiger partial charge in [0.2, 0.25) is 0 Å². The predicted octanol–water partition coefficient (Wildman–Crippen LogP) is 13.6. The van der Waals surface area contributed by atoms with E-state index < -0.39 is 0 Å². The minimum absolute atomic E-state index is 0. The first-order valence-electron chi connectivity index (χ1n) is 20.4. The average Bonchev–Trinajstić information content (AvgIpc) is 3.89. The molecule has 0 saturated heterocycles. The van der Waals surface area contributed by atoms with Crippen molar-refractivity contribution < 1.29 is 25.8 Å². The Morgan fingerprint density at radius 2 is 1.34 bits per heavy atom. The van der Waals surface area contributed by atoms with Gasteiger partial charge in [0.15, 0.2) is 0 Å². The van der Waals surface area contributed by atoms with Crippen molar-refractivity contribution in [3.05, 3.63) is 188 Å². The fraction of sp³-hybridized carbons (Fsp3) is 0.111. The Hall–Kier alpha value is -6.62. The molecule has 0 saturated carbocycles. The second-order valence-electron chi connectivity index (χ2n) is 16.8. The standard InChI is InChI=1S/C54H42N5O.Pt/c1-35-20-24-48-45(26-35)46-33-55-53(32-51(46)58(48)39-16-10-7-11-17-39)59-47-19-13-12-18-43(47)44-23-22-41(31-50(44)59)60-42-29-38(54(2,3)4)28-40(30-42)57-34-56(5)49-25-21-37(27-52(49)57)36-14-8-6-9-15-36;/h6-29,32-34H,1-5H3;/q-3;. The summed E-state index contributed by atoms with van der Waals surface area (Å²) in [6.07, 6.45) is 2.02. The topological polar surface area (TPSA) is 38.5 Å². The number of ether oxygens (including phenoxy) is 1. The molecule has 0 N–H and O–H groups in total. The Kier molecular flexibility index (Phi) is 9.38. The van der Waals surface area contributed by atoms with Crippen LogP contribution in [-0.4, -0.2) is 21.2 Å². The molecule has 7 aromatic carbocycles. The van der Waals surface area contributed by atoms with Crippen LogP contribution in [-0.2, 0) is 26.5 Å². The third-order valence-electron chi connectivity index (χ3n) is 11.8. The van der Waals surface area contributed by atoms with E-state index in [1.54, 1.807) is 0 Å². The van der Waals surface area contributed by atoms with Gasteiger partial charge in [0, 0.05) is 78.2 Å². The van der Waals surface area contributed by atoms with Gasteiger partial charge in [-0.15, -0.1) is 47.0 Å². The summed E-state index contributed by atoms with van der Waals surface area (Å²) in [6.45, 7) is 11.0. The molecule has 1 aliphatic heterocycles. The number of nitrogens with zero attached hydrogens (tertiary/aromatic N) is 5. The molecular formula is C54H42N5OPt-3. The third kappa shape index (κ3) is 6.58. The quantitative estimate of drug-likeness (QED) is 0.156. The molecule has 7 heteroatoms. The maximum atomic E-state index is 6.81. The summed E-state index contributed by atoms with van der Waals surface area (Å²) in [5.41, 5.74) is 13.0. The average molecular weight is 972 g/mol. The number of benzene rings is 7. The molecule has 61 heavy (non-hydrogen) atoms. The van der Waals surface area contributed by atoms with E-state index in [0.717, 1.165) is 77.9 Å². The van der Waals surface area contributed by atoms with E-state index in [-0.39, 0.29) is 26.5 Å². The van der Waals surface area contributed by atoms with Crippen molar-refractivity contribution in [3.63, 3.8) is 0 Å². The molecule has 0 spiro atoms. The van der Waals surface area contributed by atoms with Crippen LogP contribution in [0.1, 0.15) is 31.9 Å². The van der Waals surface area contributed by atoms with Crippen molar-refractivity contribution in [3.8, 4) is 34.1 Å². The van der Waals surface area contributed by atoms with Gasteiger partial charge in [-0.1, -0.05) is 111 Å². The Bertz CT molecular complexity index is 3290. The SMILES string of the molecule is Cc1ccc2c(c1)c1cnc(-n3c4[c-]c(Oc5[c-]c(N6[CH-]N(C)c7ccc(-c8ccccc8)cc76)cc(C(C)(C)C)c5)ccc4c4ccccc43)cc1n2-c1ccccc1.[Pt]. The van der Waals surface area contributed by atoms with E-state index >= 15 is 0 Å². The minimum Gasteiger partial charge on any atom is -0.509 e. The maximum absolute atomic E-state index is 6.81. The first-order chi connectivity index (χ1) is 29.2. The van der Waals surface area contributed by atoms with Crippen molar-refractivity contribution in [2.75, 3.05) is 16.8 Å². The molecule has 0 unspecified atom stereocenters. The van der Waals surface area contributed by atoms with Gasteiger partial charge in [0.05, 0.1) is 11.0 Å². The van der Waals surface area contributed by atoms with Gasteiger partial charge in [-0.25, -0.2) is 4.98 Å². The number of pyridine rings is 1. The van der Waals surface area contributed by atoms with Crippen molar-refractivity contribution in [1.82, 2.24) is 14.1 Å². The summed E-state index contributed by atoms with van der Waals surface area (Å²) < 4.78 is 11.4. The maximum Gasteiger partial charge on any atom is 0.137 e. The summed E-state index contributed by atoms with van der Waals surface area (Å²) in [4.78, 5) is 9.54. The molecule has 0 radical (unpaired) electrons. The molecule has 0 amide bonds. The number of anilines is 3. The Morgan fingerprint density at radius 3 is 2.15 bits per heavy atom. The third-order valence-corrected chi connectivity index (χ3v) is 11.8. The molecule has 4 heterocycles. The van der Waals surface area contributed by atoms with Crippen LogP contribution in [0.5, 0.6) is 11.5 Å². The number of aryl methyl sites for hydroxylation is 1. The molecule has 0 atom stereocenters. The number of rotatable bonds is 6. The van der Waals surface area contributed by atoms with E-state index in [0.29, 0.717) is 11.5 Å². The molecule has 0 bridgehead atoms. The fourth-order valence-corrected chi connectivity index (χ4v) is 8.75. The van der Waals surface area contributed by atoms with Crippen molar-refractivity contribution in [2.45, 2.75) is 33.1 Å². The van der Waals surface area contributed by atoms with Crippen LogP contribution in [0.25, 0.3) is 66.2 Å². The number of fused-ring (bicyclic) bond motifs is 7. The van der Waals surface area contributed by atoms with E-state index in [1.165, 1.54) is 16.5 Å². The molecular weight excluding hydrogens is 930 g/mol. The smallest absolute Gasteiger partial charge is 0.137 e. The summed E-state index contributed by atoms with van der Waals surface area (Å²) in [6, 6.07) is 60.9. The summed E-state index contributed by atoms with van der Waals surface area (Å²) in [5.74, 6) is 2.04. The number of aromatic nitrogens is 3. The Morgan fingerprint density at radius 1 is 0.590 bits per heavy atom. The van der Waals surface area contributed by atoms with Crippen molar-refractivity contribution in [1.29, 1.82) is 0 Å².